The Morgan fingerprint density at radius 2 is 2.09 bits per heavy atom. The first kappa shape index (κ1) is 16.4. The highest BCUT2D eigenvalue weighted by molar-refractivity contribution is 5.97. The lowest BCUT2D eigenvalue weighted by atomic mass is 10.0. The number of halogens is 1. The molecule has 0 radical (unpaired) electrons. The molecule has 0 saturated carbocycles. The van der Waals surface area contributed by atoms with Crippen LogP contribution < -0.4 is 5.32 Å². The lowest BCUT2D eigenvalue weighted by molar-refractivity contribution is -0.118. The molecule has 1 unspecified atom stereocenters. The molecule has 6 heteroatoms. The molecule has 5 nitrogen and oxygen atoms in total. The molecule has 1 aromatic carbocycles. The molecule has 0 spiro atoms. The third-order valence-electron chi connectivity index (χ3n) is 3.37. The molecule has 1 aliphatic heterocycles. The van der Waals surface area contributed by atoms with Gasteiger partial charge in [-0.05, 0) is 39.0 Å². The Hall–Kier alpha value is -1.95. The quantitative estimate of drug-likeness (QED) is 0.913. The van der Waals surface area contributed by atoms with Gasteiger partial charge in [0.25, 0.3) is 5.91 Å². The van der Waals surface area contributed by atoms with Crippen molar-refractivity contribution in [1.29, 1.82) is 0 Å². The molecule has 1 saturated heterocycles. The second-order valence-electron chi connectivity index (χ2n) is 6.25. The molecule has 1 aliphatic rings. The van der Waals surface area contributed by atoms with Crippen LogP contribution in [0, 0.1) is 5.82 Å². The van der Waals surface area contributed by atoms with Crippen molar-refractivity contribution in [3.8, 4) is 0 Å². The van der Waals surface area contributed by atoms with Crippen molar-refractivity contribution in [2.24, 2.45) is 0 Å². The van der Waals surface area contributed by atoms with Gasteiger partial charge in [0.2, 0.25) is 5.91 Å². The number of amides is 2. The molecule has 0 bridgehead atoms. The smallest absolute Gasteiger partial charge is 0.257 e. The van der Waals surface area contributed by atoms with Gasteiger partial charge in [0.1, 0.15) is 5.82 Å². The van der Waals surface area contributed by atoms with Crippen molar-refractivity contribution in [3.63, 3.8) is 0 Å². The van der Waals surface area contributed by atoms with Crippen LogP contribution in [0.3, 0.4) is 0 Å². The molecule has 1 N–H and O–H groups in total. The van der Waals surface area contributed by atoms with Crippen molar-refractivity contribution >= 4 is 17.5 Å². The Morgan fingerprint density at radius 3 is 2.68 bits per heavy atom. The number of carbonyl (C=O) groups is 2. The molecular formula is C16H21FN2O3. The van der Waals surface area contributed by atoms with E-state index in [1.54, 1.807) is 4.90 Å². The van der Waals surface area contributed by atoms with Crippen LogP contribution in [0.1, 0.15) is 38.1 Å². The van der Waals surface area contributed by atoms with Crippen LogP contribution in [0.15, 0.2) is 18.2 Å². The van der Waals surface area contributed by atoms with Gasteiger partial charge in [0, 0.05) is 25.7 Å². The van der Waals surface area contributed by atoms with Gasteiger partial charge in [0.15, 0.2) is 0 Å². The summed E-state index contributed by atoms with van der Waals surface area (Å²) < 4.78 is 19.8. The number of carbonyl (C=O) groups excluding carboxylic acids is 2. The number of hydrogen-bond donors (Lipinski definition) is 1. The molecule has 1 fully saturated rings. The molecule has 1 atom stereocenters. The molecule has 22 heavy (non-hydrogen) atoms. The fourth-order valence-corrected chi connectivity index (χ4v) is 2.75. The van der Waals surface area contributed by atoms with Gasteiger partial charge in [-0.15, -0.1) is 0 Å². The number of benzene rings is 1. The van der Waals surface area contributed by atoms with Crippen LogP contribution in [-0.2, 0) is 9.53 Å². The topological polar surface area (TPSA) is 58.6 Å². The minimum absolute atomic E-state index is 0.0452. The van der Waals surface area contributed by atoms with Gasteiger partial charge in [0.05, 0.1) is 17.3 Å². The summed E-state index contributed by atoms with van der Waals surface area (Å²) in [5, 5.41) is 2.55. The zero-order chi connectivity index (χ0) is 16.5. The van der Waals surface area contributed by atoms with E-state index in [4.69, 9.17) is 4.74 Å². The minimum Gasteiger partial charge on any atom is -0.369 e. The van der Waals surface area contributed by atoms with E-state index in [1.807, 2.05) is 20.8 Å². The second-order valence-corrected chi connectivity index (χ2v) is 6.25. The maximum atomic E-state index is 14.0. The van der Waals surface area contributed by atoms with Gasteiger partial charge in [-0.3, -0.25) is 9.59 Å². The highest BCUT2D eigenvalue weighted by Gasteiger charge is 2.34. The highest BCUT2D eigenvalue weighted by Crippen LogP contribution is 2.24. The van der Waals surface area contributed by atoms with E-state index < -0.39 is 17.3 Å². The SMILES string of the molecule is CC(=O)Nc1ccc(F)c(C(=O)N2CC(C)OC(C)(C)C2)c1. The zero-order valence-electron chi connectivity index (χ0n) is 13.3. The van der Waals surface area contributed by atoms with Gasteiger partial charge in [-0.25, -0.2) is 4.39 Å². The van der Waals surface area contributed by atoms with Crippen LogP contribution in [-0.4, -0.2) is 41.5 Å². The fraction of sp³-hybridized carbons (Fsp3) is 0.500. The first-order valence-electron chi connectivity index (χ1n) is 7.22. The van der Waals surface area contributed by atoms with Gasteiger partial charge in [-0.2, -0.15) is 0 Å². The molecular weight excluding hydrogens is 287 g/mol. The number of rotatable bonds is 2. The van der Waals surface area contributed by atoms with Crippen LogP contribution in [0.5, 0.6) is 0 Å². The molecule has 120 valence electrons. The maximum absolute atomic E-state index is 14.0. The summed E-state index contributed by atoms with van der Waals surface area (Å²) in [4.78, 5) is 25.3. The molecule has 1 aromatic rings. The van der Waals surface area contributed by atoms with E-state index in [9.17, 15) is 14.0 Å². The molecule has 0 aromatic heterocycles. The van der Waals surface area contributed by atoms with Crippen molar-refractivity contribution in [3.05, 3.63) is 29.6 Å². The minimum atomic E-state index is -0.601. The number of morpholine rings is 1. The largest absolute Gasteiger partial charge is 0.369 e. The Morgan fingerprint density at radius 1 is 1.41 bits per heavy atom. The van der Waals surface area contributed by atoms with E-state index in [0.717, 1.165) is 0 Å². The summed E-state index contributed by atoms with van der Waals surface area (Å²) in [5.74, 6) is -1.27. The van der Waals surface area contributed by atoms with E-state index in [-0.39, 0.29) is 17.6 Å². The van der Waals surface area contributed by atoms with Crippen LogP contribution in [0.2, 0.25) is 0 Å². The third kappa shape index (κ3) is 3.82. The highest BCUT2D eigenvalue weighted by atomic mass is 19.1. The van der Waals surface area contributed by atoms with Crippen molar-refractivity contribution in [2.75, 3.05) is 18.4 Å². The number of nitrogens with zero attached hydrogens (tertiary/aromatic N) is 1. The normalized spacial score (nSPS) is 20.6. The van der Waals surface area contributed by atoms with Crippen molar-refractivity contribution in [1.82, 2.24) is 4.90 Å². The molecule has 0 aliphatic carbocycles. The van der Waals surface area contributed by atoms with Crippen LogP contribution in [0.4, 0.5) is 10.1 Å². The van der Waals surface area contributed by atoms with Crippen LogP contribution in [0.25, 0.3) is 0 Å². The number of hydrogen-bond acceptors (Lipinski definition) is 3. The summed E-state index contributed by atoms with van der Waals surface area (Å²) in [7, 11) is 0. The van der Waals surface area contributed by atoms with E-state index in [1.165, 1.54) is 25.1 Å². The summed E-state index contributed by atoms with van der Waals surface area (Å²) >= 11 is 0. The first-order chi connectivity index (χ1) is 10.2. The third-order valence-corrected chi connectivity index (χ3v) is 3.37. The maximum Gasteiger partial charge on any atom is 0.257 e. The van der Waals surface area contributed by atoms with E-state index >= 15 is 0 Å². The molecule has 2 amide bonds. The summed E-state index contributed by atoms with van der Waals surface area (Å²) in [6.07, 6.45) is -0.116. The predicted molar refractivity (Wildman–Crippen MR) is 81.2 cm³/mol. The Bertz CT molecular complexity index is 601. The second kappa shape index (κ2) is 6.04. The van der Waals surface area contributed by atoms with Gasteiger partial charge in [-0.1, -0.05) is 0 Å². The van der Waals surface area contributed by atoms with E-state index in [2.05, 4.69) is 5.32 Å². The standard InChI is InChI=1S/C16H21FN2O3/c1-10-8-19(9-16(3,4)22-10)15(21)13-7-12(18-11(2)20)5-6-14(13)17/h5-7,10H,8-9H2,1-4H3,(H,18,20). The number of nitrogens with one attached hydrogen (secondary N) is 1. The average molecular weight is 308 g/mol. The van der Waals surface area contributed by atoms with Crippen molar-refractivity contribution in [2.45, 2.75) is 39.4 Å². The Labute approximate surface area is 129 Å². The Kier molecular flexibility index (Phi) is 4.51. The van der Waals surface area contributed by atoms with Gasteiger partial charge >= 0.3 is 0 Å². The average Bonchev–Trinajstić information content (AvgIpc) is 2.37. The summed E-state index contributed by atoms with van der Waals surface area (Å²) in [6.45, 7) is 7.83. The van der Waals surface area contributed by atoms with Gasteiger partial charge < -0.3 is 15.0 Å². The van der Waals surface area contributed by atoms with Crippen molar-refractivity contribution < 1.29 is 18.7 Å². The predicted octanol–water partition coefficient (Wildman–Crippen LogP) is 2.42. The fourth-order valence-electron chi connectivity index (χ4n) is 2.75. The molecule has 1 heterocycles. The lowest BCUT2D eigenvalue weighted by Crippen LogP contribution is -2.53. The van der Waals surface area contributed by atoms with Crippen LogP contribution >= 0.6 is 0 Å². The first-order valence-corrected chi connectivity index (χ1v) is 7.22. The molecule has 2 rings (SSSR count). The number of anilines is 1. The summed E-state index contributed by atoms with van der Waals surface area (Å²) in [6, 6.07) is 3.99. The van der Waals surface area contributed by atoms with E-state index in [0.29, 0.717) is 18.8 Å². The number of ether oxygens (including phenoxy) is 1. The monoisotopic (exact) mass is 308 g/mol. The Balaban J connectivity index is 2.26. The lowest BCUT2D eigenvalue weighted by Gasteiger charge is -2.41. The zero-order valence-corrected chi connectivity index (χ0v) is 13.3. The summed E-state index contributed by atoms with van der Waals surface area (Å²) in [5.41, 5.74) is -0.118.